The molecule has 0 unspecified atom stereocenters. The maximum atomic E-state index is 12.4. The van der Waals surface area contributed by atoms with E-state index in [0.29, 0.717) is 11.3 Å². The number of amides is 1. The molecule has 7 nitrogen and oxygen atoms in total. The number of carbonyl (C=O) groups excluding carboxylic acids is 2. The first-order valence-corrected chi connectivity index (χ1v) is 8.04. The molecule has 0 aliphatic carbocycles. The summed E-state index contributed by atoms with van der Waals surface area (Å²) < 4.78 is 4.96. The summed E-state index contributed by atoms with van der Waals surface area (Å²) in [5.41, 5.74) is 1.04. The van der Waals surface area contributed by atoms with Crippen LogP contribution in [0.3, 0.4) is 0 Å². The molecule has 2 aromatic rings. The van der Waals surface area contributed by atoms with Crippen LogP contribution >= 0.6 is 0 Å². The number of esters is 1. The van der Waals surface area contributed by atoms with Gasteiger partial charge in [0.1, 0.15) is 17.7 Å². The molecule has 2 N–H and O–H groups in total. The zero-order valence-corrected chi connectivity index (χ0v) is 14.5. The van der Waals surface area contributed by atoms with Crippen LogP contribution in [0.5, 0.6) is 0 Å². The molecule has 0 saturated heterocycles. The predicted molar refractivity (Wildman–Crippen MR) is 99.5 cm³/mol. The average molecular weight is 360 g/mol. The largest absolute Gasteiger partial charge is 0.462 e. The fourth-order valence-electron chi connectivity index (χ4n) is 2.17. The highest BCUT2D eigenvalue weighted by atomic mass is 16.5. The number of nitrogens with one attached hydrogen (secondary N) is 2. The molecular formula is C20H16N4O3. The fourth-order valence-corrected chi connectivity index (χ4v) is 2.17. The van der Waals surface area contributed by atoms with E-state index >= 15 is 0 Å². The van der Waals surface area contributed by atoms with Gasteiger partial charge in [-0.1, -0.05) is 24.3 Å². The number of nitrogens with zero attached hydrogens (tertiary/aromatic N) is 2. The van der Waals surface area contributed by atoms with Crippen LogP contribution in [0.4, 0.5) is 11.4 Å². The summed E-state index contributed by atoms with van der Waals surface area (Å²) in [6.45, 7) is 1.88. The SMILES string of the molecule is CCOC(=O)c1ccccc1NC(=O)/C(C#N)=C\Nc1ccccc1C#N. The van der Waals surface area contributed by atoms with Crippen LogP contribution in [0.15, 0.2) is 60.3 Å². The number of para-hydroxylation sites is 2. The van der Waals surface area contributed by atoms with Gasteiger partial charge in [0.05, 0.1) is 29.1 Å². The number of anilines is 2. The van der Waals surface area contributed by atoms with Gasteiger partial charge in [0.15, 0.2) is 0 Å². The van der Waals surface area contributed by atoms with Gasteiger partial charge in [0.25, 0.3) is 5.91 Å². The van der Waals surface area contributed by atoms with E-state index in [0.717, 1.165) is 0 Å². The van der Waals surface area contributed by atoms with Crippen LogP contribution in [0, 0.1) is 22.7 Å². The van der Waals surface area contributed by atoms with Gasteiger partial charge in [-0.2, -0.15) is 10.5 Å². The third-order valence-electron chi connectivity index (χ3n) is 3.46. The summed E-state index contributed by atoms with van der Waals surface area (Å²) in [5, 5.41) is 23.6. The summed E-state index contributed by atoms with van der Waals surface area (Å²) in [6, 6.07) is 16.8. The van der Waals surface area contributed by atoms with E-state index in [1.807, 2.05) is 6.07 Å². The second-order valence-electron chi connectivity index (χ2n) is 5.19. The minimum absolute atomic E-state index is 0.188. The van der Waals surface area contributed by atoms with Crippen LogP contribution in [0.1, 0.15) is 22.8 Å². The highest BCUT2D eigenvalue weighted by molar-refractivity contribution is 6.09. The van der Waals surface area contributed by atoms with Crippen LogP contribution in [0.2, 0.25) is 0 Å². The topological polar surface area (TPSA) is 115 Å². The zero-order valence-electron chi connectivity index (χ0n) is 14.5. The predicted octanol–water partition coefficient (Wildman–Crippen LogP) is 3.19. The van der Waals surface area contributed by atoms with Crippen LogP contribution in [-0.2, 0) is 9.53 Å². The zero-order chi connectivity index (χ0) is 19.6. The van der Waals surface area contributed by atoms with Crippen molar-refractivity contribution in [3.05, 3.63) is 71.4 Å². The molecule has 0 radical (unpaired) electrons. The Bertz CT molecular complexity index is 968. The van der Waals surface area contributed by atoms with Crippen molar-refractivity contribution in [2.45, 2.75) is 6.92 Å². The highest BCUT2D eigenvalue weighted by Crippen LogP contribution is 2.18. The molecule has 0 heterocycles. The fraction of sp³-hybridized carbons (Fsp3) is 0.100. The molecular weight excluding hydrogens is 344 g/mol. The lowest BCUT2D eigenvalue weighted by Crippen LogP contribution is -2.17. The summed E-state index contributed by atoms with van der Waals surface area (Å²) in [6.07, 6.45) is 1.21. The number of hydrogen-bond donors (Lipinski definition) is 2. The first kappa shape index (κ1) is 19.2. The Morgan fingerprint density at radius 1 is 1.07 bits per heavy atom. The molecule has 7 heteroatoms. The van der Waals surface area contributed by atoms with Crippen molar-refractivity contribution in [1.82, 2.24) is 0 Å². The quantitative estimate of drug-likeness (QED) is 0.464. The maximum Gasteiger partial charge on any atom is 0.340 e. The smallest absolute Gasteiger partial charge is 0.340 e. The number of carbonyl (C=O) groups is 2. The molecule has 27 heavy (non-hydrogen) atoms. The Morgan fingerprint density at radius 3 is 2.41 bits per heavy atom. The highest BCUT2D eigenvalue weighted by Gasteiger charge is 2.16. The van der Waals surface area contributed by atoms with Crippen molar-refractivity contribution in [3.8, 4) is 12.1 Å². The van der Waals surface area contributed by atoms with Gasteiger partial charge < -0.3 is 15.4 Å². The van der Waals surface area contributed by atoms with E-state index in [1.54, 1.807) is 49.4 Å². The van der Waals surface area contributed by atoms with Crippen LogP contribution < -0.4 is 10.6 Å². The molecule has 2 rings (SSSR count). The number of hydrogen-bond acceptors (Lipinski definition) is 6. The van der Waals surface area contributed by atoms with Gasteiger partial charge in [-0.3, -0.25) is 4.79 Å². The van der Waals surface area contributed by atoms with E-state index in [9.17, 15) is 14.9 Å². The van der Waals surface area contributed by atoms with E-state index in [-0.39, 0.29) is 23.4 Å². The van der Waals surface area contributed by atoms with Crippen molar-refractivity contribution in [1.29, 1.82) is 10.5 Å². The van der Waals surface area contributed by atoms with Gasteiger partial charge in [0.2, 0.25) is 0 Å². The normalized spacial score (nSPS) is 10.3. The Morgan fingerprint density at radius 2 is 1.74 bits per heavy atom. The number of benzene rings is 2. The van der Waals surface area contributed by atoms with Crippen molar-refractivity contribution in [2.24, 2.45) is 0 Å². The van der Waals surface area contributed by atoms with Gasteiger partial charge in [-0.05, 0) is 31.2 Å². The minimum atomic E-state index is -0.698. The van der Waals surface area contributed by atoms with Crippen molar-refractivity contribution in [2.75, 3.05) is 17.2 Å². The number of rotatable bonds is 6. The lowest BCUT2D eigenvalue weighted by molar-refractivity contribution is -0.112. The third-order valence-corrected chi connectivity index (χ3v) is 3.46. The molecule has 0 spiro atoms. The Hall–Kier alpha value is -4.10. The lowest BCUT2D eigenvalue weighted by atomic mass is 10.1. The van der Waals surface area contributed by atoms with E-state index in [1.165, 1.54) is 18.3 Å². The van der Waals surface area contributed by atoms with Crippen LogP contribution in [0.25, 0.3) is 0 Å². The van der Waals surface area contributed by atoms with Crippen LogP contribution in [-0.4, -0.2) is 18.5 Å². The molecule has 2 aromatic carbocycles. The average Bonchev–Trinajstić information content (AvgIpc) is 2.69. The summed E-state index contributed by atoms with van der Waals surface area (Å²) in [7, 11) is 0. The molecule has 1 amide bonds. The summed E-state index contributed by atoms with van der Waals surface area (Å²) >= 11 is 0. The van der Waals surface area contributed by atoms with Gasteiger partial charge in [-0.25, -0.2) is 4.79 Å². The summed E-state index contributed by atoms with van der Waals surface area (Å²) in [4.78, 5) is 24.4. The monoisotopic (exact) mass is 360 g/mol. The van der Waals surface area contributed by atoms with E-state index in [2.05, 4.69) is 10.6 Å². The molecule has 0 fully saturated rings. The summed E-state index contributed by atoms with van der Waals surface area (Å²) in [5.74, 6) is -1.27. The standard InChI is InChI=1S/C20H16N4O3/c1-2-27-20(26)16-8-4-6-10-18(16)24-19(25)15(12-22)13-23-17-9-5-3-7-14(17)11-21/h3-10,13,23H,2H2,1H3,(H,24,25)/b15-13-. The molecule has 0 aromatic heterocycles. The first-order chi connectivity index (χ1) is 13.1. The number of nitriles is 2. The number of ether oxygens (including phenoxy) is 1. The molecule has 0 bridgehead atoms. The maximum absolute atomic E-state index is 12.4. The Kier molecular flexibility index (Phi) is 6.69. The van der Waals surface area contributed by atoms with Crippen molar-refractivity contribution >= 4 is 23.3 Å². The van der Waals surface area contributed by atoms with Crippen molar-refractivity contribution < 1.29 is 14.3 Å². The molecule has 0 atom stereocenters. The second kappa shape index (κ2) is 9.40. The molecule has 0 saturated carbocycles. The van der Waals surface area contributed by atoms with Gasteiger partial charge in [0, 0.05) is 6.20 Å². The lowest BCUT2D eigenvalue weighted by Gasteiger charge is -2.10. The molecule has 0 aliphatic rings. The molecule has 134 valence electrons. The molecule has 0 aliphatic heterocycles. The minimum Gasteiger partial charge on any atom is -0.462 e. The first-order valence-electron chi connectivity index (χ1n) is 8.04. The van der Waals surface area contributed by atoms with Crippen molar-refractivity contribution in [3.63, 3.8) is 0 Å². The second-order valence-corrected chi connectivity index (χ2v) is 5.19. The van der Waals surface area contributed by atoms with E-state index in [4.69, 9.17) is 10.00 Å². The van der Waals surface area contributed by atoms with Gasteiger partial charge in [-0.15, -0.1) is 0 Å². The Labute approximate surface area is 156 Å². The van der Waals surface area contributed by atoms with Gasteiger partial charge >= 0.3 is 5.97 Å². The van der Waals surface area contributed by atoms with E-state index < -0.39 is 11.9 Å². The Balaban J connectivity index is 2.20. The third kappa shape index (κ3) is 4.94.